The number of piperazine rings is 1. The molecule has 24 heavy (non-hydrogen) atoms. The van der Waals surface area contributed by atoms with E-state index >= 15 is 0 Å². The van der Waals surface area contributed by atoms with E-state index in [9.17, 15) is 8.42 Å². The molecule has 0 aliphatic carbocycles. The second-order valence-electron chi connectivity index (χ2n) is 5.37. The smallest absolute Gasteiger partial charge is 0.243 e. The molecule has 0 N–H and O–H groups in total. The summed E-state index contributed by atoms with van der Waals surface area (Å²) in [6.07, 6.45) is 1.53. The van der Waals surface area contributed by atoms with Gasteiger partial charge >= 0.3 is 0 Å². The highest BCUT2D eigenvalue weighted by molar-refractivity contribution is 9.10. The summed E-state index contributed by atoms with van der Waals surface area (Å²) < 4.78 is 27.6. The Morgan fingerprint density at radius 3 is 2.46 bits per heavy atom. The Morgan fingerprint density at radius 2 is 1.88 bits per heavy atom. The predicted molar refractivity (Wildman–Crippen MR) is 94.1 cm³/mol. The third-order valence-electron chi connectivity index (χ3n) is 3.87. The molecule has 0 spiro atoms. The van der Waals surface area contributed by atoms with Gasteiger partial charge in [-0.25, -0.2) is 13.4 Å². The van der Waals surface area contributed by atoms with Crippen molar-refractivity contribution < 1.29 is 8.42 Å². The molecule has 2 heterocycles. The molecule has 1 aromatic carbocycles. The highest BCUT2D eigenvalue weighted by atomic mass is 79.9. The fourth-order valence-corrected chi connectivity index (χ4v) is 4.59. The molecule has 3 rings (SSSR count). The van der Waals surface area contributed by atoms with Crippen LogP contribution in [0.5, 0.6) is 0 Å². The molecule has 1 aliphatic rings. The molecule has 0 saturated carbocycles. The fraction of sp³-hybridized carbons (Fsp3) is 0.250. The highest BCUT2D eigenvalue weighted by Gasteiger charge is 2.28. The Bertz CT molecular complexity index is 870. The van der Waals surface area contributed by atoms with Gasteiger partial charge in [-0.15, -0.1) is 0 Å². The first-order valence-corrected chi connectivity index (χ1v) is 9.61. The van der Waals surface area contributed by atoms with E-state index in [-0.39, 0.29) is 0 Å². The number of nitriles is 1. The number of hydrogen-bond acceptors (Lipinski definition) is 5. The predicted octanol–water partition coefficient (Wildman–Crippen LogP) is 2.23. The van der Waals surface area contributed by atoms with Crippen LogP contribution in [0.3, 0.4) is 0 Å². The van der Waals surface area contributed by atoms with Crippen LogP contribution in [0.1, 0.15) is 5.56 Å². The number of hydrogen-bond donors (Lipinski definition) is 0. The lowest BCUT2D eigenvalue weighted by molar-refractivity contribution is 0.384. The van der Waals surface area contributed by atoms with Gasteiger partial charge in [-0.05, 0) is 30.3 Å². The van der Waals surface area contributed by atoms with Crippen LogP contribution in [-0.2, 0) is 10.0 Å². The van der Waals surface area contributed by atoms with Crippen molar-refractivity contribution in [3.05, 3.63) is 52.6 Å². The maximum atomic E-state index is 12.7. The molecule has 8 heteroatoms. The van der Waals surface area contributed by atoms with Gasteiger partial charge in [0, 0.05) is 36.8 Å². The van der Waals surface area contributed by atoms with Crippen LogP contribution in [0.2, 0.25) is 0 Å². The Labute approximate surface area is 149 Å². The van der Waals surface area contributed by atoms with Gasteiger partial charge < -0.3 is 4.90 Å². The molecule has 6 nitrogen and oxygen atoms in total. The lowest BCUT2D eigenvalue weighted by atomic mass is 10.3. The first kappa shape index (κ1) is 16.9. The zero-order valence-corrected chi connectivity index (χ0v) is 15.2. The first-order valence-electron chi connectivity index (χ1n) is 7.37. The molecule has 1 aromatic heterocycles. The Morgan fingerprint density at radius 1 is 1.12 bits per heavy atom. The summed E-state index contributed by atoms with van der Waals surface area (Å²) in [4.78, 5) is 6.57. The summed E-state index contributed by atoms with van der Waals surface area (Å²) in [5.41, 5.74) is 0.509. The summed E-state index contributed by atoms with van der Waals surface area (Å²) in [6, 6.07) is 12.3. The van der Waals surface area contributed by atoms with E-state index in [0.29, 0.717) is 36.6 Å². The van der Waals surface area contributed by atoms with Crippen molar-refractivity contribution in [3.8, 4) is 6.07 Å². The van der Waals surface area contributed by atoms with E-state index < -0.39 is 10.0 Å². The average Bonchev–Trinajstić information content (AvgIpc) is 2.62. The van der Waals surface area contributed by atoms with Crippen molar-refractivity contribution in [1.29, 1.82) is 5.26 Å². The maximum Gasteiger partial charge on any atom is 0.243 e. The van der Waals surface area contributed by atoms with E-state index in [4.69, 9.17) is 5.26 Å². The molecule has 1 aliphatic heterocycles. The number of aromatic nitrogens is 1. The normalized spacial score (nSPS) is 15.9. The second-order valence-corrected chi connectivity index (χ2v) is 8.22. The maximum absolute atomic E-state index is 12.7. The number of nitrogens with zero attached hydrogens (tertiary/aromatic N) is 4. The summed E-state index contributed by atoms with van der Waals surface area (Å²) in [7, 11) is -3.49. The molecule has 1 saturated heterocycles. The molecule has 2 aromatic rings. The SMILES string of the molecule is N#Cc1ccc(N2CCN(S(=O)(=O)c3cccc(Br)c3)CC2)nc1. The van der Waals surface area contributed by atoms with Gasteiger partial charge in [0.2, 0.25) is 10.0 Å². The number of anilines is 1. The van der Waals surface area contributed by atoms with Crippen LogP contribution in [0.4, 0.5) is 5.82 Å². The molecular formula is C16H15BrN4O2S. The zero-order valence-electron chi connectivity index (χ0n) is 12.8. The standard InChI is InChI=1S/C16H15BrN4O2S/c17-14-2-1-3-15(10-14)24(22,23)21-8-6-20(7-9-21)16-5-4-13(11-18)12-19-16/h1-5,10,12H,6-9H2. The van der Waals surface area contributed by atoms with E-state index in [2.05, 4.69) is 20.9 Å². The molecular weight excluding hydrogens is 392 g/mol. The molecule has 124 valence electrons. The van der Waals surface area contributed by atoms with Crippen LogP contribution in [-0.4, -0.2) is 43.9 Å². The lowest BCUT2D eigenvalue weighted by Gasteiger charge is -2.34. The number of halogens is 1. The first-order chi connectivity index (χ1) is 11.5. The van der Waals surface area contributed by atoms with Crippen LogP contribution in [0.15, 0.2) is 52.0 Å². The van der Waals surface area contributed by atoms with Crippen molar-refractivity contribution in [2.45, 2.75) is 4.90 Å². The van der Waals surface area contributed by atoms with Crippen LogP contribution >= 0.6 is 15.9 Å². The molecule has 0 unspecified atom stereocenters. The van der Waals surface area contributed by atoms with Crippen molar-refractivity contribution in [3.63, 3.8) is 0 Å². The topological polar surface area (TPSA) is 77.3 Å². The van der Waals surface area contributed by atoms with Gasteiger partial charge in [0.15, 0.2) is 0 Å². The summed E-state index contributed by atoms with van der Waals surface area (Å²) >= 11 is 3.31. The van der Waals surface area contributed by atoms with Gasteiger partial charge in [-0.2, -0.15) is 9.57 Å². The van der Waals surface area contributed by atoms with Gasteiger partial charge in [-0.1, -0.05) is 22.0 Å². The van der Waals surface area contributed by atoms with Crippen LogP contribution in [0.25, 0.3) is 0 Å². The van der Waals surface area contributed by atoms with Gasteiger partial charge in [0.05, 0.1) is 10.5 Å². The summed E-state index contributed by atoms with van der Waals surface area (Å²) in [6.45, 7) is 1.92. The van der Waals surface area contributed by atoms with Gasteiger partial charge in [0.25, 0.3) is 0 Å². The number of rotatable bonds is 3. The van der Waals surface area contributed by atoms with Crippen molar-refractivity contribution in [2.24, 2.45) is 0 Å². The second kappa shape index (κ2) is 6.89. The van der Waals surface area contributed by atoms with E-state index in [1.165, 1.54) is 10.5 Å². The largest absolute Gasteiger partial charge is 0.354 e. The van der Waals surface area contributed by atoms with E-state index in [0.717, 1.165) is 10.3 Å². The zero-order chi connectivity index (χ0) is 17.2. The lowest BCUT2D eigenvalue weighted by Crippen LogP contribution is -2.48. The average molecular weight is 407 g/mol. The van der Waals surface area contributed by atoms with Crippen molar-refractivity contribution in [2.75, 3.05) is 31.1 Å². The van der Waals surface area contributed by atoms with Crippen LogP contribution < -0.4 is 4.90 Å². The molecule has 0 radical (unpaired) electrons. The van der Waals surface area contributed by atoms with Gasteiger partial charge in [0.1, 0.15) is 11.9 Å². The number of sulfonamides is 1. The third-order valence-corrected chi connectivity index (χ3v) is 6.26. The quantitative estimate of drug-likeness (QED) is 0.780. The Balaban J connectivity index is 1.71. The molecule has 1 fully saturated rings. The van der Waals surface area contributed by atoms with Gasteiger partial charge in [-0.3, -0.25) is 0 Å². The molecule has 0 bridgehead atoms. The summed E-state index contributed by atoms with van der Waals surface area (Å²) in [5, 5.41) is 8.81. The number of pyridine rings is 1. The third kappa shape index (κ3) is 3.43. The number of benzene rings is 1. The Hall–Kier alpha value is -1.95. The van der Waals surface area contributed by atoms with Crippen molar-refractivity contribution >= 4 is 31.8 Å². The highest BCUT2D eigenvalue weighted by Crippen LogP contribution is 2.22. The minimum atomic E-state index is -3.49. The molecule has 0 atom stereocenters. The molecule has 0 amide bonds. The van der Waals surface area contributed by atoms with Crippen molar-refractivity contribution in [1.82, 2.24) is 9.29 Å². The van der Waals surface area contributed by atoms with Crippen LogP contribution in [0, 0.1) is 11.3 Å². The van der Waals surface area contributed by atoms with E-state index in [1.54, 1.807) is 36.4 Å². The summed E-state index contributed by atoms with van der Waals surface area (Å²) in [5.74, 6) is 0.758. The minimum absolute atomic E-state index is 0.293. The van der Waals surface area contributed by atoms with E-state index in [1.807, 2.05) is 11.0 Å². The monoisotopic (exact) mass is 406 g/mol. The minimum Gasteiger partial charge on any atom is -0.354 e. The Kier molecular flexibility index (Phi) is 4.85. The fourth-order valence-electron chi connectivity index (χ4n) is 2.57.